The van der Waals surface area contributed by atoms with Gasteiger partial charge in [-0.25, -0.2) is 9.59 Å². The van der Waals surface area contributed by atoms with Crippen molar-refractivity contribution in [3.8, 4) is 0 Å². The number of halogens is 1. The Balaban J connectivity index is 2.44. The van der Waals surface area contributed by atoms with E-state index in [1.165, 1.54) is 0 Å². The number of carboxylic acids is 1. The van der Waals surface area contributed by atoms with Gasteiger partial charge in [-0.05, 0) is 17.7 Å². The summed E-state index contributed by atoms with van der Waals surface area (Å²) < 4.78 is 0.899. The van der Waals surface area contributed by atoms with Crippen LogP contribution in [0.5, 0.6) is 0 Å². The Labute approximate surface area is 118 Å². The van der Waals surface area contributed by atoms with Crippen molar-refractivity contribution in [3.63, 3.8) is 0 Å². The number of amides is 2. The van der Waals surface area contributed by atoms with Gasteiger partial charge in [0.25, 0.3) is 0 Å². The molecular formula is C12H15BrN2O4. The summed E-state index contributed by atoms with van der Waals surface area (Å²) in [5, 5.41) is 22.3. The second-order valence-electron chi connectivity index (χ2n) is 3.86. The second-order valence-corrected chi connectivity index (χ2v) is 4.78. The predicted molar refractivity (Wildman–Crippen MR) is 72.6 cm³/mol. The van der Waals surface area contributed by atoms with Gasteiger partial charge >= 0.3 is 12.0 Å². The van der Waals surface area contributed by atoms with Crippen molar-refractivity contribution >= 4 is 27.9 Å². The number of rotatable bonds is 6. The third-order valence-electron chi connectivity index (χ3n) is 2.36. The van der Waals surface area contributed by atoms with Crippen LogP contribution in [0.1, 0.15) is 12.0 Å². The molecule has 0 fully saturated rings. The molecule has 0 saturated carbocycles. The largest absolute Gasteiger partial charge is 0.480 e. The van der Waals surface area contributed by atoms with Gasteiger partial charge in [0.1, 0.15) is 6.04 Å². The minimum atomic E-state index is -1.17. The van der Waals surface area contributed by atoms with Gasteiger partial charge in [-0.2, -0.15) is 0 Å². The fraction of sp³-hybridized carbons (Fsp3) is 0.333. The summed E-state index contributed by atoms with van der Waals surface area (Å²) in [7, 11) is 0. The molecule has 6 nitrogen and oxygen atoms in total. The zero-order valence-corrected chi connectivity index (χ0v) is 11.7. The van der Waals surface area contributed by atoms with Crippen LogP contribution in [-0.2, 0) is 11.3 Å². The van der Waals surface area contributed by atoms with Gasteiger partial charge in [0.15, 0.2) is 0 Å². The Morgan fingerprint density at radius 2 is 2.11 bits per heavy atom. The number of carbonyl (C=O) groups excluding carboxylic acids is 1. The quantitative estimate of drug-likeness (QED) is 0.627. The van der Waals surface area contributed by atoms with E-state index in [-0.39, 0.29) is 19.6 Å². The van der Waals surface area contributed by atoms with Gasteiger partial charge in [-0.1, -0.05) is 28.1 Å². The average Bonchev–Trinajstić information content (AvgIpc) is 2.36. The zero-order chi connectivity index (χ0) is 14.3. The van der Waals surface area contributed by atoms with Gasteiger partial charge in [0.05, 0.1) is 0 Å². The summed E-state index contributed by atoms with van der Waals surface area (Å²) in [6.45, 7) is -0.0143. The van der Waals surface area contributed by atoms with E-state index in [9.17, 15) is 9.59 Å². The molecule has 0 spiro atoms. The minimum absolute atomic E-state index is 0.0281. The number of benzene rings is 1. The van der Waals surface area contributed by atoms with Crippen molar-refractivity contribution in [2.24, 2.45) is 0 Å². The third kappa shape index (κ3) is 5.71. The lowest BCUT2D eigenvalue weighted by molar-refractivity contribution is -0.139. The van der Waals surface area contributed by atoms with E-state index in [0.717, 1.165) is 10.0 Å². The van der Waals surface area contributed by atoms with E-state index in [1.54, 1.807) is 0 Å². The summed E-state index contributed by atoms with van der Waals surface area (Å²) in [4.78, 5) is 22.3. The first-order valence-corrected chi connectivity index (χ1v) is 6.44. The van der Waals surface area contributed by atoms with Crippen LogP contribution in [0, 0.1) is 0 Å². The minimum Gasteiger partial charge on any atom is -0.480 e. The van der Waals surface area contributed by atoms with Crippen molar-refractivity contribution in [1.29, 1.82) is 0 Å². The number of hydrogen-bond donors (Lipinski definition) is 4. The molecule has 1 unspecified atom stereocenters. The Kier molecular flexibility index (Phi) is 6.31. The molecule has 0 aliphatic carbocycles. The first-order chi connectivity index (χ1) is 9.02. The lowest BCUT2D eigenvalue weighted by Gasteiger charge is -2.14. The molecule has 1 atom stereocenters. The fourth-order valence-corrected chi connectivity index (χ4v) is 1.87. The summed E-state index contributed by atoms with van der Waals surface area (Å²) in [5.41, 5.74) is 0.888. The second kappa shape index (κ2) is 7.75. The summed E-state index contributed by atoms with van der Waals surface area (Å²) in [6, 6.07) is 5.72. The van der Waals surface area contributed by atoms with Crippen molar-refractivity contribution in [3.05, 3.63) is 34.3 Å². The molecule has 1 aromatic carbocycles. The van der Waals surface area contributed by atoms with Crippen molar-refractivity contribution in [2.75, 3.05) is 6.61 Å². The van der Waals surface area contributed by atoms with Crippen LogP contribution in [0.2, 0.25) is 0 Å². The van der Waals surface area contributed by atoms with Crippen molar-refractivity contribution in [2.45, 2.75) is 19.0 Å². The first-order valence-electron chi connectivity index (χ1n) is 5.65. The molecule has 0 radical (unpaired) electrons. The topological polar surface area (TPSA) is 98.7 Å². The standard InChI is InChI=1S/C12H15BrN2O4/c13-9-3-1-2-8(6-9)7-14-12(19)15-10(4-5-16)11(17)18/h1-3,6,10,16H,4-5,7H2,(H,17,18)(H2,14,15,19). The smallest absolute Gasteiger partial charge is 0.326 e. The monoisotopic (exact) mass is 330 g/mol. The lowest BCUT2D eigenvalue weighted by atomic mass is 10.2. The van der Waals surface area contributed by atoms with E-state index >= 15 is 0 Å². The highest BCUT2D eigenvalue weighted by atomic mass is 79.9. The molecule has 2 amide bonds. The maximum Gasteiger partial charge on any atom is 0.326 e. The summed E-state index contributed by atoms with van der Waals surface area (Å²) >= 11 is 3.32. The fourth-order valence-electron chi connectivity index (χ4n) is 1.43. The van der Waals surface area contributed by atoms with Gasteiger partial charge in [-0.15, -0.1) is 0 Å². The molecule has 0 aromatic heterocycles. The van der Waals surface area contributed by atoms with Gasteiger partial charge in [0.2, 0.25) is 0 Å². The van der Waals surface area contributed by atoms with Crippen LogP contribution in [0.4, 0.5) is 4.79 Å². The summed E-state index contributed by atoms with van der Waals surface area (Å²) in [6.07, 6.45) is -0.0281. The van der Waals surface area contributed by atoms with Gasteiger partial charge in [-0.3, -0.25) is 0 Å². The van der Waals surface area contributed by atoms with E-state index in [0.29, 0.717) is 0 Å². The van der Waals surface area contributed by atoms with E-state index < -0.39 is 18.0 Å². The van der Waals surface area contributed by atoms with Crippen LogP contribution in [-0.4, -0.2) is 34.9 Å². The number of aliphatic carboxylic acids is 1. The number of carbonyl (C=O) groups is 2. The number of urea groups is 1. The Hall–Kier alpha value is -1.60. The van der Waals surface area contributed by atoms with E-state index in [2.05, 4.69) is 26.6 Å². The SMILES string of the molecule is O=C(NCc1cccc(Br)c1)NC(CCO)C(=O)O. The maximum atomic E-state index is 11.5. The molecule has 4 N–H and O–H groups in total. The highest BCUT2D eigenvalue weighted by Crippen LogP contribution is 2.11. The van der Waals surface area contributed by atoms with Crippen molar-refractivity contribution in [1.82, 2.24) is 10.6 Å². The molecule has 7 heteroatoms. The van der Waals surface area contributed by atoms with Crippen molar-refractivity contribution < 1.29 is 19.8 Å². The number of hydrogen-bond acceptors (Lipinski definition) is 3. The lowest BCUT2D eigenvalue weighted by Crippen LogP contribution is -2.46. The van der Waals surface area contributed by atoms with Crippen LogP contribution in [0.15, 0.2) is 28.7 Å². The highest BCUT2D eigenvalue weighted by molar-refractivity contribution is 9.10. The summed E-state index contributed by atoms with van der Waals surface area (Å²) in [5.74, 6) is -1.17. The van der Waals surface area contributed by atoms with Crippen LogP contribution < -0.4 is 10.6 Å². The molecule has 1 aromatic rings. The number of aliphatic hydroxyl groups excluding tert-OH is 1. The number of aliphatic hydroxyl groups is 1. The average molecular weight is 331 g/mol. The zero-order valence-electron chi connectivity index (χ0n) is 10.1. The van der Waals surface area contributed by atoms with Crippen LogP contribution >= 0.6 is 15.9 Å². The van der Waals surface area contributed by atoms with E-state index in [1.807, 2.05) is 24.3 Å². The maximum absolute atomic E-state index is 11.5. The Morgan fingerprint density at radius 1 is 1.37 bits per heavy atom. The molecule has 1 rings (SSSR count). The molecule has 0 aliphatic rings. The molecule has 0 saturated heterocycles. The molecule has 0 aliphatic heterocycles. The van der Waals surface area contributed by atoms with Crippen LogP contribution in [0.25, 0.3) is 0 Å². The molecular weight excluding hydrogens is 316 g/mol. The Morgan fingerprint density at radius 3 is 2.68 bits per heavy atom. The molecule has 0 heterocycles. The van der Waals surface area contributed by atoms with Crippen LogP contribution in [0.3, 0.4) is 0 Å². The third-order valence-corrected chi connectivity index (χ3v) is 2.86. The molecule has 19 heavy (non-hydrogen) atoms. The molecule has 104 valence electrons. The first kappa shape index (κ1) is 15.5. The molecule has 0 bridgehead atoms. The number of nitrogens with one attached hydrogen (secondary N) is 2. The highest BCUT2D eigenvalue weighted by Gasteiger charge is 2.18. The number of carboxylic acid groups (broad SMARTS) is 1. The van der Waals surface area contributed by atoms with Gasteiger partial charge < -0.3 is 20.8 Å². The normalized spacial score (nSPS) is 11.7. The van der Waals surface area contributed by atoms with E-state index in [4.69, 9.17) is 10.2 Å². The predicted octanol–water partition coefficient (Wildman–Crippen LogP) is 1.08. The Bertz CT molecular complexity index is 453. The van der Waals surface area contributed by atoms with Gasteiger partial charge in [0, 0.05) is 24.0 Å².